The molecule has 0 N–H and O–H groups in total. The molecule has 0 saturated carbocycles. The first-order valence-corrected chi connectivity index (χ1v) is 9.81. The normalized spacial score (nSPS) is 21.7. The lowest BCUT2D eigenvalue weighted by molar-refractivity contribution is -0.115. The van der Waals surface area contributed by atoms with E-state index in [0.717, 1.165) is 11.1 Å². The number of carbonyl (C=O) groups excluding carboxylic acids is 1. The van der Waals surface area contributed by atoms with Crippen LogP contribution in [0.5, 0.6) is 0 Å². The summed E-state index contributed by atoms with van der Waals surface area (Å²) in [4.78, 5) is 13.1. The van der Waals surface area contributed by atoms with Crippen molar-refractivity contribution in [1.82, 2.24) is 0 Å². The van der Waals surface area contributed by atoms with Gasteiger partial charge in [-0.05, 0) is 22.8 Å². The Hall–Kier alpha value is -2.58. The van der Waals surface area contributed by atoms with E-state index in [1.807, 2.05) is 66.4 Å². The average molecular weight is 356 g/mol. The predicted octanol–water partition coefficient (Wildman–Crippen LogP) is 6.26. The van der Waals surface area contributed by atoms with Crippen LogP contribution in [0.1, 0.15) is 33.6 Å². The Morgan fingerprint density at radius 3 is 1.88 bits per heavy atom. The summed E-state index contributed by atoms with van der Waals surface area (Å²) in [6.07, 6.45) is 2.62. The molecule has 1 aliphatic rings. The lowest BCUT2D eigenvalue weighted by Crippen LogP contribution is -2.19. The molecule has 0 aliphatic carbocycles. The zero-order valence-electron chi connectivity index (χ0n) is 14.4. The van der Waals surface area contributed by atoms with Crippen LogP contribution in [0.15, 0.2) is 96.6 Å². The lowest BCUT2D eigenvalue weighted by Gasteiger charge is -2.31. The van der Waals surface area contributed by atoms with Crippen LogP contribution < -0.4 is 0 Å². The fourth-order valence-electron chi connectivity index (χ4n) is 3.35. The van der Waals surface area contributed by atoms with Crippen molar-refractivity contribution < 1.29 is 4.79 Å². The van der Waals surface area contributed by atoms with E-state index in [-0.39, 0.29) is 16.3 Å². The Labute approximate surface area is 158 Å². The van der Waals surface area contributed by atoms with Crippen LogP contribution in [0, 0.1) is 0 Å². The van der Waals surface area contributed by atoms with Gasteiger partial charge in [-0.1, -0.05) is 91.0 Å². The summed E-state index contributed by atoms with van der Waals surface area (Å²) in [5.74, 6) is 0.246. The van der Waals surface area contributed by atoms with Gasteiger partial charge in [-0.15, -0.1) is 11.8 Å². The zero-order chi connectivity index (χ0) is 17.8. The molecule has 0 aromatic heterocycles. The summed E-state index contributed by atoms with van der Waals surface area (Å²) in [5.41, 5.74) is 4.40. The Kier molecular flexibility index (Phi) is 5.03. The minimum absolute atomic E-state index is 0.0582. The Morgan fingerprint density at radius 1 is 0.731 bits per heavy atom. The third-order valence-corrected chi connectivity index (χ3v) is 6.24. The van der Waals surface area contributed by atoms with E-state index >= 15 is 0 Å². The van der Waals surface area contributed by atoms with E-state index < -0.39 is 0 Å². The molecule has 0 radical (unpaired) electrons. The van der Waals surface area contributed by atoms with E-state index in [0.29, 0.717) is 6.42 Å². The van der Waals surface area contributed by atoms with Crippen molar-refractivity contribution >= 4 is 23.6 Å². The minimum Gasteiger partial charge on any atom is -0.294 e. The predicted molar refractivity (Wildman–Crippen MR) is 110 cm³/mol. The standard InChI is InChI=1S/C24H20OS/c25-22-17-23(19-12-6-2-7-13-19)26-24(20-14-8-3-9-15-20)21(22)16-18-10-4-1-5-11-18/h1-16,23-24H,17H2/b21-16+/t23-,24+/m0/s1. The van der Waals surface area contributed by atoms with E-state index in [2.05, 4.69) is 42.5 Å². The van der Waals surface area contributed by atoms with Gasteiger partial charge in [0.2, 0.25) is 0 Å². The molecule has 3 aromatic rings. The molecular weight excluding hydrogens is 336 g/mol. The number of benzene rings is 3. The van der Waals surface area contributed by atoms with Crippen molar-refractivity contribution in [2.75, 3.05) is 0 Å². The first kappa shape index (κ1) is 16.9. The summed E-state index contributed by atoms with van der Waals surface area (Å²) in [7, 11) is 0. The van der Waals surface area contributed by atoms with E-state index in [4.69, 9.17) is 0 Å². The van der Waals surface area contributed by atoms with Gasteiger partial charge in [0, 0.05) is 17.2 Å². The Bertz CT molecular complexity index is 901. The molecule has 0 unspecified atom stereocenters. The van der Waals surface area contributed by atoms with Gasteiger partial charge in [-0.2, -0.15) is 0 Å². The summed E-state index contributed by atoms with van der Waals surface area (Å²) in [5, 5.41) is 0.254. The van der Waals surface area contributed by atoms with Gasteiger partial charge in [-0.3, -0.25) is 4.79 Å². The van der Waals surface area contributed by atoms with E-state index in [1.54, 1.807) is 0 Å². The number of rotatable bonds is 3. The van der Waals surface area contributed by atoms with Crippen LogP contribution in [0.3, 0.4) is 0 Å². The van der Waals surface area contributed by atoms with Gasteiger partial charge in [0.1, 0.15) is 0 Å². The Balaban J connectivity index is 1.74. The first-order chi connectivity index (χ1) is 12.8. The van der Waals surface area contributed by atoms with E-state index in [9.17, 15) is 4.79 Å². The maximum Gasteiger partial charge on any atom is 0.161 e. The van der Waals surface area contributed by atoms with Gasteiger partial charge < -0.3 is 0 Å². The SMILES string of the molecule is O=C1C[C@@H](c2ccccc2)S[C@H](c2ccccc2)/C1=C/c1ccccc1. The number of carbonyl (C=O) groups is 1. The van der Waals surface area contributed by atoms with Crippen LogP contribution >= 0.6 is 11.8 Å². The Morgan fingerprint density at radius 2 is 1.27 bits per heavy atom. The molecule has 26 heavy (non-hydrogen) atoms. The monoisotopic (exact) mass is 356 g/mol. The highest BCUT2D eigenvalue weighted by Crippen LogP contribution is 2.51. The highest BCUT2D eigenvalue weighted by atomic mass is 32.2. The molecule has 128 valence electrons. The zero-order valence-corrected chi connectivity index (χ0v) is 15.2. The smallest absolute Gasteiger partial charge is 0.161 e. The van der Waals surface area contributed by atoms with Crippen molar-refractivity contribution in [1.29, 1.82) is 0 Å². The minimum atomic E-state index is 0.0582. The number of Topliss-reactive ketones (excluding diaryl/α,β-unsaturated/α-hetero) is 1. The third kappa shape index (κ3) is 3.66. The number of ketones is 1. The quantitative estimate of drug-likeness (QED) is 0.515. The molecule has 1 fully saturated rings. The molecule has 0 amide bonds. The molecule has 0 bridgehead atoms. The second kappa shape index (κ2) is 7.76. The van der Waals surface area contributed by atoms with Crippen LogP contribution in [0.25, 0.3) is 6.08 Å². The second-order valence-electron chi connectivity index (χ2n) is 6.46. The highest BCUT2D eigenvalue weighted by Gasteiger charge is 2.34. The first-order valence-electron chi connectivity index (χ1n) is 8.86. The summed E-state index contributed by atoms with van der Waals surface area (Å²) >= 11 is 1.88. The van der Waals surface area contributed by atoms with Crippen molar-refractivity contribution in [3.63, 3.8) is 0 Å². The van der Waals surface area contributed by atoms with Crippen molar-refractivity contribution in [3.8, 4) is 0 Å². The third-order valence-electron chi connectivity index (χ3n) is 4.67. The molecular formula is C24H20OS. The summed E-state index contributed by atoms with van der Waals surface area (Å²) in [6, 6.07) is 30.9. The molecule has 2 atom stereocenters. The number of thioether (sulfide) groups is 1. The maximum atomic E-state index is 13.1. The molecule has 3 aromatic carbocycles. The topological polar surface area (TPSA) is 17.1 Å². The summed E-state index contributed by atoms with van der Waals surface area (Å²) < 4.78 is 0. The highest BCUT2D eigenvalue weighted by molar-refractivity contribution is 8.00. The molecule has 1 saturated heterocycles. The van der Waals surface area contributed by atoms with E-state index in [1.165, 1.54) is 11.1 Å². The van der Waals surface area contributed by atoms with Gasteiger partial charge in [0.25, 0.3) is 0 Å². The largest absolute Gasteiger partial charge is 0.294 e. The van der Waals surface area contributed by atoms with Crippen LogP contribution in [-0.2, 0) is 4.79 Å². The average Bonchev–Trinajstić information content (AvgIpc) is 2.71. The molecule has 2 heteroatoms. The van der Waals surface area contributed by atoms with Gasteiger partial charge in [0.05, 0.1) is 5.25 Å². The maximum absolute atomic E-state index is 13.1. The van der Waals surface area contributed by atoms with Gasteiger partial charge >= 0.3 is 0 Å². The molecule has 1 aliphatic heterocycles. The fourth-order valence-corrected chi connectivity index (χ4v) is 4.90. The van der Waals surface area contributed by atoms with Crippen LogP contribution in [0.4, 0.5) is 0 Å². The fraction of sp³-hybridized carbons (Fsp3) is 0.125. The molecule has 1 heterocycles. The van der Waals surface area contributed by atoms with Gasteiger partial charge in [0.15, 0.2) is 5.78 Å². The van der Waals surface area contributed by atoms with Crippen molar-refractivity contribution in [2.24, 2.45) is 0 Å². The number of hydrogen-bond acceptors (Lipinski definition) is 2. The lowest BCUT2D eigenvalue weighted by atomic mass is 9.94. The van der Waals surface area contributed by atoms with Gasteiger partial charge in [-0.25, -0.2) is 0 Å². The molecule has 1 nitrogen and oxygen atoms in total. The van der Waals surface area contributed by atoms with Crippen molar-refractivity contribution in [3.05, 3.63) is 113 Å². The second-order valence-corrected chi connectivity index (χ2v) is 7.78. The van der Waals surface area contributed by atoms with Crippen LogP contribution in [0.2, 0.25) is 0 Å². The molecule has 0 spiro atoms. The number of hydrogen-bond donors (Lipinski definition) is 0. The van der Waals surface area contributed by atoms with Crippen molar-refractivity contribution in [2.45, 2.75) is 16.9 Å². The summed E-state index contributed by atoms with van der Waals surface area (Å²) in [6.45, 7) is 0. The molecule has 4 rings (SSSR count). The van der Waals surface area contributed by atoms with Crippen LogP contribution in [-0.4, -0.2) is 5.78 Å².